The summed E-state index contributed by atoms with van der Waals surface area (Å²) in [5.74, 6) is 1.75. The largest absolute Gasteiger partial charge is 0.345 e. The lowest BCUT2D eigenvalue weighted by molar-refractivity contribution is -0.122. The highest BCUT2D eigenvalue weighted by atomic mass is 16.5. The van der Waals surface area contributed by atoms with Gasteiger partial charge >= 0.3 is 0 Å². The zero-order valence-electron chi connectivity index (χ0n) is 14.0. The van der Waals surface area contributed by atoms with Crippen LogP contribution < -0.4 is 10.6 Å². The number of hydrogen-bond donors (Lipinski definition) is 2. The topological polar surface area (TPSA) is 80.0 Å². The second kappa shape index (κ2) is 8.06. The molecule has 1 aromatic carbocycles. The second-order valence-electron chi connectivity index (χ2n) is 6.40. The van der Waals surface area contributed by atoms with Gasteiger partial charge in [-0.1, -0.05) is 35.5 Å². The second-order valence-corrected chi connectivity index (χ2v) is 6.40. The summed E-state index contributed by atoms with van der Waals surface area (Å²) < 4.78 is 5.29. The Morgan fingerprint density at radius 2 is 2.25 bits per heavy atom. The Bertz CT molecular complexity index is 650. The standard InChI is InChI=1S/C18H24N4O2/c1-13(20-17(23)8-7-15-9-10-19-12-15)18-21-16(22-24-18)11-14-5-3-2-4-6-14/h2-6,13,15,19H,7-12H2,1H3,(H,20,23). The van der Waals surface area contributed by atoms with E-state index in [2.05, 4.69) is 20.8 Å². The molecule has 6 nitrogen and oxygen atoms in total. The number of carbonyl (C=O) groups is 1. The molecule has 1 amide bonds. The maximum absolute atomic E-state index is 12.1. The average Bonchev–Trinajstić information content (AvgIpc) is 3.25. The van der Waals surface area contributed by atoms with Gasteiger partial charge in [-0.25, -0.2) is 0 Å². The van der Waals surface area contributed by atoms with E-state index in [1.54, 1.807) is 0 Å². The predicted molar refractivity (Wildman–Crippen MR) is 90.3 cm³/mol. The van der Waals surface area contributed by atoms with Crippen molar-refractivity contribution in [1.82, 2.24) is 20.8 Å². The van der Waals surface area contributed by atoms with Crippen molar-refractivity contribution in [2.24, 2.45) is 5.92 Å². The Labute approximate surface area is 142 Å². The van der Waals surface area contributed by atoms with Gasteiger partial charge in [0, 0.05) is 12.8 Å². The number of rotatable bonds is 7. The van der Waals surface area contributed by atoms with Crippen molar-refractivity contribution in [3.05, 3.63) is 47.6 Å². The lowest BCUT2D eigenvalue weighted by atomic mass is 10.0. The van der Waals surface area contributed by atoms with Gasteiger partial charge in [0.2, 0.25) is 11.8 Å². The Kier molecular flexibility index (Phi) is 5.59. The molecular formula is C18H24N4O2. The minimum Gasteiger partial charge on any atom is -0.345 e. The average molecular weight is 328 g/mol. The fourth-order valence-corrected chi connectivity index (χ4v) is 2.97. The maximum atomic E-state index is 12.1. The van der Waals surface area contributed by atoms with E-state index in [1.165, 1.54) is 0 Å². The van der Waals surface area contributed by atoms with Gasteiger partial charge in [0.1, 0.15) is 6.04 Å². The zero-order chi connectivity index (χ0) is 16.8. The van der Waals surface area contributed by atoms with Crippen molar-refractivity contribution in [2.75, 3.05) is 13.1 Å². The fourth-order valence-electron chi connectivity index (χ4n) is 2.97. The zero-order valence-corrected chi connectivity index (χ0v) is 14.0. The molecule has 24 heavy (non-hydrogen) atoms. The Morgan fingerprint density at radius 1 is 1.42 bits per heavy atom. The summed E-state index contributed by atoms with van der Waals surface area (Å²) in [6.07, 6.45) is 3.26. The third kappa shape index (κ3) is 4.64. The molecule has 1 aliphatic rings. The summed E-state index contributed by atoms with van der Waals surface area (Å²) in [6.45, 7) is 3.96. The van der Waals surface area contributed by atoms with E-state index in [1.807, 2.05) is 37.3 Å². The molecule has 128 valence electrons. The lowest BCUT2D eigenvalue weighted by Crippen LogP contribution is -2.27. The van der Waals surface area contributed by atoms with Crippen molar-refractivity contribution < 1.29 is 9.32 Å². The third-order valence-electron chi connectivity index (χ3n) is 4.38. The molecule has 1 aromatic heterocycles. The highest BCUT2D eigenvalue weighted by molar-refractivity contribution is 5.76. The van der Waals surface area contributed by atoms with Crippen LogP contribution in [-0.2, 0) is 11.2 Å². The van der Waals surface area contributed by atoms with E-state index in [9.17, 15) is 4.79 Å². The molecule has 1 fully saturated rings. The summed E-state index contributed by atoms with van der Waals surface area (Å²) >= 11 is 0. The van der Waals surface area contributed by atoms with Crippen LogP contribution in [0.2, 0.25) is 0 Å². The van der Waals surface area contributed by atoms with Crippen LogP contribution >= 0.6 is 0 Å². The SMILES string of the molecule is CC(NC(=O)CCC1CCNC1)c1nc(Cc2ccccc2)no1. The van der Waals surface area contributed by atoms with Crippen molar-refractivity contribution >= 4 is 5.91 Å². The molecule has 0 radical (unpaired) electrons. The Morgan fingerprint density at radius 3 is 3.00 bits per heavy atom. The number of benzene rings is 1. The molecule has 0 aliphatic carbocycles. The fraction of sp³-hybridized carbons (Fsp3) is 0.500. The third-order valence-corrected chi connectivity index (χ3v) is 4.38. The summed E-state index contributed by atoms with van der Waals surface area (Å²) in [4.78, 5) is 16.5. The first kappa shape index (κ1) is 16.6. The molecule has 3 rings (SSSR count). The van der Waals surface area contributed by atoms with Crippen LogP contribution in [0.1, 0.15) is 49.5 Å². The quantitative estimate of drug-likeness (QED) is 0.815. The van der Waals surface area contributed by atoms with Gasteiger partial charge in [0.05, 0.1) is 0 Å². The molecule has 0 saturated carbocycles. The highest BCUT2D eigenvalue weighted by Gasteiger charge is 2.19. The van der Waals surface area contributed by atoms with Gasteiger partial charge in [-0.05, 0) is 44.3 Å². The smallest absolute Gasteiger partial charge is 0.248 e. The molecular weight excluding hydrogens is 304 g/mol. The summed E-state index contributed by atoms with van der Waals surface area (Å²) in [7, 11) is 0. The molecule has 0 bridgehead atoms. The van der Waals surface area contributed by atoms with E-state index in [0.717, 1.165) is 31.5 Å². The number of amides is 1. The van der Waals surface area contributed by atoms with Crippen molar-refractivity contribution in [1.29, 1.82) is 0 Å². The van der Waals surface area contributed by atoms with Crippen LogP contribution in [0.5, 0.6) is 0 Å². The molecule has 2 N–H and O–H groups in total. The van der Waals surface area contributed by atoms with Crippen LogP contribution in [0.4, 0.5) is 0 Å². The van der Waals surface area contributed by atoms with Crippen LogP contribution in [0.25, 0.3) is 0 Å². The molecule has 2 heterocycles. The summed E-state index contributed by atoms with van der Waals surface area (Å²) in [6, 6.07) is 9.73. The molecule has 2 aromatic rings. The van der Waals surface area contributed by atoms with Gasteiger partial charge in [0.25, 0.3) is 0 Å². The van der Waals surface area contributed by atoms with E-state index in [0.29, 0.717) is 30.5 Å². The van der Waals surface area contributed by atoms with Crippen LogP contribution in [-0.4, -0.2) is 29.1 Å². The van der Waals surface area contributed by atoms with Gasteiger partial charge in [-0.2, -0.15) is 4.98 Å². The molecule has 0 spiro atoms. The number of hydrogen-bond acceptors (Lipinski definition) is 5. The van der Waals surface area contributed by atoms with E-state index < -0.39 is 0 Å². The van der Waals surface area contributed by atoms with Crippen LogP contribution in [0.15, 0.2) is 34.9 Å². The van der Waals surface area contributed by atoms with E-state index in [-0.39, 0.29) is 11.9 Å². The molecule has 1 aliphatic heterocycles. The number of nitrogens with one attached hydrogen (secondary N) is 2. The van der Waals surface area contributed by atoms with Gasteiger partial charge in [-0.3, -0.25) is 4.79 Å². The van der Waals surface area contributed by atoms with Gasteiger partial charge < -0.3 is 15.2 Å². The molecule has 1 saturated heterocycles. The Hall–Kier alpha value is -2.21. The van der Waals surface area contributed by atoms with E-state index in [4.69, 9.17) is 4.52 Å². The molecule has 2 unspecified atom stereocenters. The normalized spacial score (nSPS) is 18.5. The summed E-state index contributed by atoms with van der Waals surface area (Å²) in [5.41, 5.74) is 1.13. The number of carbonyl (C=O) groups excluding carboxylic acids is 1. The van der Waals surface area contributed by atoms with Crippen molar-refractivity contribution in [3.63, 3.8) is 0 Å². The van der Waals surface area contributed by atoms with Crippen molar-refractivity contribution in [2.45, 2.75) is 38.6 Å². The lowest BCUT2D eigenvalue weighted by Gasteiger charge is -2.11. The first-order valence-electron chi connectivity index (χ1n) is 8.57. The highest BCUT2D eigenvalue weighted by Crippen LogP contribution is 2.16. The molecule has 2 atom stereocenters. The van der Waals surface area contributed by atoms with Crippen LogP contribution in [0, 0.1) is 5.92 Å². The van der Waals surface area contributed by atoms with Gasteiger partial charge in [0.15, 0.2) is 5.82 Å². The van der Waals surface area contributed by atoms with Crippen molar-refractivity contribution in [3.8, 4) is 0 Å². The minimum atomic E-state index is -0.267. The maximum Gasteiger partial charge on any atom is 0.248 e. The van der Waals surface area contributed by atoms with Crippen LogP contribution in [0.3, 0.4) is 0 Å². The summed E-state index contributed by atoms with van der Waals surface area (Å²) in [5, 5.41) is 10.3. The minimum absolute atomic E-state index is 0.0391. The van der Waals surface area contributed by atoms with E-state index >= 15 is 0 Å². The van der Waals surface area contributed by atoms with Gasteiger partial charge in [-0.15, -0.1) is 0 Å². The predicted octanol–water partition coefficient (Wildman–Crippen LogP) is 2.23. The number of nitrogens with zero attached hydrogens (tertiary/aromatic N) is 2. The first-order valence-corrected chi connectivity index (χ1v) is 8.57. The number of aromatic nitrogens is 2. The monoisotopic (exact) mass is 328 g/mol. The Balaban J connectivity index is 1.47. The first-order chi connectivity index (χ1) is 11.7. The molecule has 6 heteroatoms.